The molecule has 0 aliphatic heterocycles. The summed E-state index contributed by atoms with van der Waals surface area (Å²) in [5, 5.41) is 6.82. The molecule has 0 spiro atoms. The lowest BCUT2D eigenvalue weighted by molar-refractivity contribution is 0.379. The quantitative estimate of drug-likeness (QED) is 0.937. The van der Waals surface area contributed by atoms with E-state index < -0.39 is 0 Å². The van der Waals surface area contributed by atoms with E-state index in [1.807, 2.05) is 19.1 Å². The highest BCUT2D eigenvalue weighted by molar-refractivity contribution is 9.10. The monoisotopic (exact) mass is 282 g/mol. The van der Waals surface area contributed by atoms with Crippen LogP contribution in [0.15, 0.2) is 21.1 Å². The minimum Gasteiger partial charge on any atom is -0.361 e. The Balaban J connectivity index is 2.02. The van der Waals surface area contributed by atoms with E-state index >= 15 is 0 Å². The van der Waals surface area contributed by atoms with Crippen LogP contribution < -0.4 is 5.32 Å². The summed E-state index contributed by atoms with van der Waals surface area (Å²) in [4.78, 5) is 8.44. The van der Waals surface area contributed by atoms with Crippen LogP contribution in [0.3, 0.4) is 0 Å². The van der Waals surface area contributed by atoms with Crippen LogP contribution in [-0.4, -0.2) is 15.1 Å². The standard InChI is InChI=1S/C10H11BrN4O/c1-6-8(11)3-4-9(13-6)12-5-10-14-7(2)15-16-10/h3-4H,5H2,1-2H3,(H,12,13). The predicted octanol–water partition coefficient (Wildman–Crippen LogP) is 2.46. The molecular formula is C10H11BrN4O. The topological polar surface area (TPSA) is 63.8 Å². The Morgan fingerprint density at radius 1 is 1.31 bits per heavy atom. The van der Waals surface area contributed by atoms with Crippen LogP contribution in [-0.2, 0) is 6.54 Å². The van der Waals surface area contributed by atoms with Gasteiger partial charge in [-0.2, -0.15) is 4.98 Å². The average Bonchev–Trinajstić information content (AvgIpc) is 2.66. The summed E-state index contributed by atoms with van der Waals surface area (Å²) in [7, 11) is 0. The van der Waals surface area contributed by atoms with Gasteiger partial charge in [-0.1, -0.05) is 5.16 Å². The van der Waals surface area contributed by atoms with Crippen molar-refractivity contribution in [3.05, 3.63) is 34.0 Å². The lowest BCUT2D eigenvalue weighted by Gasteiger charge is -2.04. The van der Waals surface area contributed by atoms with Crippen molar-refractivity contribution in [1.29, 1.82) is 0 Å². The SMILES string of the molecule is Cc1noc(CNc2ccc(Br)c(C)n2)n1. The smallest absolute Gasteiger partial charge is 0.245 e. The summed E-state index contributed by atoms with van der Waals surface area (Å²) >= 11 is 3.40. The van der Waals surface area contributed by atoms with Gasteiger partial charge in [0.05, 0.1) is 12.2 Å². The molecule has 2 aromatic heterocycles. The van der Waals surface area contributed by atoms with Gasteiger partial charge >= 0.3 is 0 Å². The first-order valence-corrected chi connectivity index (χ1v) is 5.60. The maximum atomic E-state index is 4.98. The Bertz CT molecular complexity index is 497. The minimum atomic E-state index is 0.481. The first-order chi connectivity index (χ1) is 7.65. The van der Waals surface area contributed by atoms with Crippen LogP contribution in [0.4, 0.5) is 5.82 Å². The second kappa shape index (κ2) is 4.61. The molecule has 6 heteroatoms. The summed E-state index contributed by atoms with van der Waals surface area (Å²) in [6.07, 6.45) is 0. The molecule has 0 aliphatic carbocycles. The predicted molar refractivity (Wildman–Crippen MR) is 63.0 cm³/mol. The molecule has 0 aromatic carbocycles. The van der Waals surface area contributed by atoms with Gasteiger partial charge in [0.2, 0.25) is 5.89 Å². The lowest BCUT2D eigenvalue weighted by atomic mass is 10.4. The average molecular weight is 283 g/mol. The van der Waals surface area contributed by atoms with E-state index in [4.69, 9.17) is 4.52 Å². The molecule has 84 valence electrons. The van der Waals surface area contributed by atoms with Gasteiger partial charge in [-0.15, -0.1) is 0 Å². The highest BCUT2D eigenvalue weighted by atomic mass is 79.9. The Hall–Kier alpha value is -1.43. The number of aryl methyl sites for hydroxylation is 2. The molecule has 2 heterocycles. The summed E-state index contributed by atoms with van der Waals surface area (Å²) in [5.41, 5.74) is 0.937. The molecular weight excluding hydrogens is 272 g/mol. The zero-order valence-electron chi connectivity index (χ0n) is 8.99. The van der Waals surface area contributed by atoms with E-state index in [9.17, 15) is 0 Å². The third-order valence-electron chi connectivity index (χ3n) is 2.01. The first kappa shape index (κ1) is 11.1. The second-order valence-electron chi connectivity index (χ2n) is 3.35. The van der Waals surface area contributed by atoms with Crippen LogP contribution in [0.1, 0.15) is 17.4 Å². The Morgan fingerprint density at radius 3 is 2.75 bits per heavy atom. The summed E-state index contributed by atoms with van der Waals surface area (Å²) in [6, 6.07) is 3.84. The van der Waals surface area contributed by atoms with Crippen LogP contribution in [0.2, 0.25) is 0 Å². The van der Waals surface area contributed by atoms with Crippen LogP contribution >= 0.6 is 15.9 Å². The Kier molecular flexibility index (Phi) is 3.19. The van der Waals surface area contributed by atoms with Crippen molar-refractivity contribution in [2.24, 2.45) is 0 Å². The Labute approximate surface area is 101 Å². The molecule has 0 unspecified atom stereocenters. The maximum absolute atomic E-state index is 4.98. The number of hydrogen-bond acceptors (Lipinski definition) is 5. The van der Waals surface area contributed by atoms with Crippen molar-refractivity contribution >= 4 is 21.7 Å². The fourth-order valence-electron chi connectivity index (χ4n) is 1.22. The fraction of sp³-hybridized carbons (Fsp3) is 0.300. The molecule has 2 aromatic rings. The molecule has 0 amide bonds. The number of halogens is 1. The van der Waals surface area contributed by atoms with Crippen molar-refractivity contribution < 1.29 is 4.52 Å². The molecule has 16 heavy (non-hydrogen) atoms. The number of aromatic nitrogens is 3. The number of rotatable bonds is 3. The van der Waals surface area contributed by atoms with Crippen LogP contribution in [0.5, 0.6) is 0 Å². The summed E-state index contributed by atoms with van der Waals surface area (Å²) in [5.74, 6) is 1.98. The molecule has 0 aliphatic rings. The molecule has 0 radical (unpaired) electrons. The van der Waals surface area contributed by atoms with Crippen LogP contribution in [0.25, 0.3) is 0 Å². The molecule has 5 nitrogen and oxygen atoms in total. The number of nitrogens with zero attached hydrogens (tertiary/aromatic N) is 3. The third kappa shape index (κ3) is 2.57. The zero-order chi connectivity index (χ0) is 11.5. The number of nitrogens with one attached hydrogen (secondary N) is 1. The normalized spacial score (nSPS) is 10.4. The van der Waals surface area contributed by atoms with Gasteiger partial charge in [0.25, 0.3) is 0 Å². The number of pyridine rings is 1. The second-order valence-corrected chi connectivity index (χ2v) is 4.21. The van der Waals surface area contributed by atoms with E-state index in [0.29, 0.717) is 18.3 Å². The van der Waals surface area contributed by atoms with E-state index in [1.165, 1.54) is 0 Å². The number of anilines is 1. The third-order valence-corrected chi connectivity index (χ3v) is 2.85. The molecule has 1 N–H and O–H groups in total. The van der Waals surface area contributed by atoms with Crippen molar-refractivity contribution in [3.63, 3.8) is 0 Å². The summed E-state index contributed by atoms with van der Waals surface area (Å²) in [6.45, 7) is 4.20. The zero-order valence-corrected chi connectivity index (χ0v) is 10.6. The fourth-order valence-corrected chi connectivity index (χ4v) is 1.44. The van der Waals surface area contributed by atoms with Gasteiger partial charge < -0.3 is 9.84 Å². The highest BCUT2D eigenvalue weighted by Gasteiger charge is 2.03. The van der Waals surface area contributed by atoms with Gasteiger partial charge in [0.15, 0.2) is 5.82 Å². The maximum Gasteiger partial charge on any atom is 0.245 e. The molecule has 0 saturated carbocycles. The van der Waals surface area contributed by atoms with Crippen molar-refractivity contribution in [2.75, 3.05) is 5.32 Å². The van der Waals surface area contributed by atoms with Gasteiger partial charge in [-0.25, -0.2) is 4.98 Å². The largest absolute Gasteiger partial charge is 0.361 e. The van der Waals surface area contributed by atoms with E-state index in [-0.39, 0.29) is 0 Å². The first-order valence-electron chi connectivity index (χ1n) is 4.81. The van der Waals surface area contributed by atoms with Crippen molar-refractivity contribution in [1.82, 2.24) is 15.1 Å². The minimum absolute atomic E-state index is 0.481. The summed E-state index contributed by atoms with van der Waals surface area (Å²) < 4.78 is 5.97. The number of hydrogen-bond donors (Lipinski definition) is 1. The van der Waals surface area contributed by atoms with Gasteiger partial charge in [-0.3, -0.25) is 0 Å². The highest BCUT2D eigenvalue weighted by Crippen LogP contribution is 2.16. The van der Waals surface area contributed by atoms with Crippen LogP contribution in [0, 0.1) is 13.8 Å². The van der Waals surface area contributed by atoms with E-state index in [1.54, 1.807) is 6.92 Å². The van der Waals surface area contributed by atoms with E-state index in [2.05, 4.69) is 36.4 Å². The lowest BCUT2D eigenvalue weighted by Crippen LogP contribution is -2.02. The molecule has 0 fully saturated rings. The van der Waals surface area contributed by atoms with Gasteiger partial charge in [-0.05, 0) is 41.9 Å². The molecule has 0 bridgehead atoms. The van der Waals surface area contributed by atoms with Gasteiger partial charge in [0.1, 0.15) is 5.82 Å². The Morgan fingerprint density at radius 2 is 2.12 bits per heavy atom. The van der Waals surface area contributed by atoms with Gasteiger partial charge in [0, 0.05) is 4.47 Å². The van der Waals surface area contributed by atoms with Crippen molar-refractivity contribution in [2.45, 2.75) is 20.4 Å². The van der Waals surface area contributed by atoms with Crippen molar-refractivity contribution in [3.8, 4) is 0 Å². The van der Waals surface area contributed by atoms with E-state index in [0.717, 1.165) is 16.0 Å². The molecule has 0 saturated heterocycles. The molecule has 0 atom stereocenters. The molecule has 2 rings (SSSR count).